The highest BCUT2D eigenvalue weighted by molar-refractivity contribution is 7.92. The van der Waals surface area contributed by atoms with Crippen LogP contribution in [0.15, 0.2) is 82.8 Å². The normalized spacial score (nSPS) is 11.6. The predicted molar refractivity (Wildman–Crippen MR) is 158 cm³/mol. The molecule has 0 atom stereocenters. The molecule has 0 saturated heterocycles. The maximum absolute atomic E-state index is 13.5. The van der Waals surface area contributed by atoms with Gasteiger partial charge in [-0.1, -0.05) is 53.5 Å². The van der Waals surface area contributed by atoms with Gasteiger partial charge in [-0.3, -0.25) is 9.10 Å². The number of amides is 1. The third-order valence-electron chi connectivity index (χ3n) is 6.15. The Kier molecular flexibility index (Phi) is 8.49. The second-order valence-corrected chi connectivity index (χ2v) is 11.8. The van der Waals surface area contributed by atoms with Crippen molar-refractivity contribution in [3.63, 3.8) is 0 Å². The Bertz CT molecular complexity index is 1650. The Morgan fingerprint density at radius 3 is 2.28 bits per heavy atom. The smallest absolute Gasteiger partial charge is 0.264 e. The number of nitrogens with zero attached hydrogens (tertiary/aromatic N) is 3. The standard InChI is InChI=1S/C29H28Cl2N4O3S/c1-19-13-20(2)15-24(14-19)35-21(3)16-23(22(35)4)17-32-33-28(36)18-34(27-12-8-11-26(30)29(27)31)39(37,38)25-9-6-5-7-10-25/h5-17H,18H2,1-4H3,(H,33,36)/b32-17+. The SMILES string of the molecule is Cc1cc(C)cc(-n2c(C)cc(/C=N/NC(=O)CN(c3cccc(Cl)c3Cl)S(=O)(=O)c3ccccc3)c2C)c1. The number of hydrogen-bond donors (Lipinski definition) is 1. The molecule has 1 aromatic heterocycles. The number of carbonyl (C=O) groups is 1. The zero-order valence-electron chi connectivity index (χ0n) is 21.9. The van der Waals surface area contributed by atoms with Crippen molar-refractivity contribution in [2.75, 3.05) is 10.8 Å². The predicted octanol–water partition coefficient (Wildman–Crippen LogP) is 6.36. The van der Waals surface area contributed by atoms with Crippen molar-refractivity contribution in [3.8, 4) is 5.69 Å². The highest BCUT2D eigenvalue weighted by atomic mass is 35.5. The molecule has 0 unspecified atom stereocenters. The Labute approximate surface area is 238 Å². The summed E-state index contributed by atoms with van der Waals surface area (Å²) in [6, 6.07) is 20.7. The van der Waals surface area contributed by atoms with Crippen LogP contribution in [-0.4, -0.2) is 31.7 Å². The first-order valence-corrected chi connectivity index (χ1v) is 14.3. The average molecular weight is 584 g/mol. The van der Waals surface area contributed by atoms with E-state index in [2.05, 4.69) is 47.1 Å². The van der Waals surface area contributed by atoms with Crippen LogP contribution in [0.4, 0.5) is 5.69 Å². The minimum absolute atomic E-state index is 0.0103. The van der Waals surface area contributed by atoms with Gasteiger partial charge in [0.1, 0.15) is 6.54 Å². The number of sulfonamides is 1. The summed E-state index contributed by atoms with van der Waals surface area (Å²) in [6.07, 6.45) is 1.54. The molecular formula is C29H28Cl2N4O3S. The van der Waals surface area contributed by atoms with Crippen LogP contribution in [0, 0.1) is 27.7 Å². The zero-order chi connectivity index (χ0) is 28.3. The van der Waals surface area contributed by atoms with Crippen LogP contribution in [0.5, 0.6) is 0 Å². The van der Waals surface area contributed by atoms with Gasteiger partial charge in [-0.25, -0.2) is 13.8 Å². The summed E-state index contributed by atoms with van der Waals surface area (Å²) >= 11 is 12.5. The highest BCUT2D eigenvalue weighted by Crippen LogP contribution is 2.35. The maximum atomic E-state index is 13.5. The summed E-state index contributed by atoms with van der Waals surface area (Å²) in [6.45, 7) is 7.53. The number of carbonyl (C=O) groups excluding carboxylic acids is 1. The molecule has 39 heavy (non-hydrogen) atoms. The first kappa shape index (κ1) is 28.4. The number of benzene rings is 3. The van der Waals surface area contributed by atoms with E-state index in [9.17, 15) is 13.2 Å². The van der Waals surface area contributed by atoms with Crippen LogP contribution in [0.2, 0.25) is 10.0 Å². The number of nitrogens with one attached hydrogen (secondary N) is 1. The summed E-state index contributed by atoms with van der Waals surface area (Å²) in [7, 11) is -4.14. The summed E-state index contributed by atoms with van der Waals surface area (Å²) < 4.78 is 30.0. The van der Waals surface area contributed by atoms with Crippen LogP contribution >= 0.6 is 23.2 Å². The van der Waals surface area contributed by atoms with E-state index in [1.165, 1.54) is 18.2 Å². The molecule has 0 radical (unpaired) electrons. The molecule has 4 rings (SSSR count). The summed E-state index contributed by atoms with van der Waals surface area (Å²) in [5.41, 5.74) is 8.69. The fourth-order valence-electron chi connectivity index (χ4n) is 4.44. The molecule has 4 aromatic rings. The lowest BCUT2D eigenvalue weighted by Gasteiger charge is -2.24. The molecule has 1 amide bonds. The number of halogens is 2. The minimum Gasteiger partial charge on any atom is -0.318 e. The van der Waals surface area contributed by atoms with Gasteiger partial charge >= 0.3 is 0 Å². The van der Waals surface area contributed by atoms with Gasteiger partial charge in [-0.05, 0) is 81.3 Å². The molecule has 3 aromatic carbocycles. The Balaban J connectivity index is 1.58. The maximum Gasteiger partial charge on any atom is 0.264 e. The van der Waals surface area contributed by atoms with Gasteiger partial charge in [0, 0.05) is 22.6 Å². The molecule has 1 N–H and O–H groups in total. The molecule has 0 fully saturated rings. The van der Waals surface area contributed by atoms with Crippen LogP contribution in [0.1, 0.15) is 28.1 Å². The van der Waals surface area contributed by atoms with Crippen LogP contribution in [-0.2, 0) is 14.8 Å². The molecule has 0 saturated carbocycles. The molecular weight excluding hydrogens is 555 g/mol. The van der Waals surface area contributed by atoms with Crippen molar-refractivity contribution in [2.45, 2.75) is 32.6 Å². The molecule has 7 nitrogen and oxygen atoms in total. The largest absolute Gasteiger partial charge is 0.318 e. The van der Waals surface area contributed by atoms with Gasteiger partial charge in [-0.15, -0.1) is 0 Å². The lowest BCUT2D eigenvalue weighted by atomic mass is 10.1. The number of hydrogen-bond acceptors (Lipinski definition) is 4. The zero-order valence-corrected chi connectivity index (χ0v) is 24.3. The van der Waals surface area contributed by atoms with Gasteiger partial charge in [0.15, 0.2) is 0 Å². The van der Waals surface area contributed by atoms with E-state index < -0.39 is 22.5 Å². The second kappa shape index (κ2) is 11.7. The Hall–Kier alpha value is -3.59. The molecule has 0 aliphatic rings. The molecule has 0 bridgehead atoms. The lowest BCUT2D eigenvalue weighted by molar-refractivity contribution is -0.119. The van der Waals surface area contributed by atoms with Crippen molar-refractivity contribution in [3.05, 3.63) is 111 Å². The topological polar surface area (TPSA) is 83.8 Å². The van der Waals surface area contributed by atoms with E-state index in [4.69, 9.17) is 23.2 Å². The molecule has 0 spiro atoms. The Morgan fingerprint density at radius 1 is 0.949 bits per heavy atom. The number of hydrazone groups is 1. The van der Waals surface area contributed by atoms with Gasteiger partial charge in [0.25, 0.3) is 15.9 Å². The van der Waals surface area contributed by atoms with Crippen LogP contribution < -0.4 is 9.73 Å². The van der Waals surface area contributed by atoms with Crippen molar-refractivity contribution in [1.82, 2.24) is 9.99 Å². The summed E-state index contributed by atoms with van der Waals surface area (Å²) in [5, 5.41) is 4.30. The molecule has 0 aliphatic carbocycles. The number of aryl methyl sites for hydroxylation is 3. The first-order chi connectivity index (χ1) is 18.5. The van der Waals surface area contributed by atoms with E-state index in [1.807, 2.05) is 19.9 Å². The third kappa shape index (κ3) is 6.19. The number of rotatable bonds is 8. The molecule has 10 heteroatoms. The minimum atomic E-state index is -4.14. The molecule has 1 heterocycles. The van der Waals surface area contributed by atoms with Crippen molar-refractivity contribution in [1.29, 1.82) is 0 Å². The highest BCUT2D eigenvalue weighted by Gasteiger charge is 2.29. The van der Waals surface area contributed by atoms with E-state index in [0.29, 0.717) is 0 Å². The van der Waals surface area contributed by atoms with Crippen molar-refractivity contribution in [2.24, 2.45) is 5.10 Å². The summed E-state index contributed by atoms with van der Waals surface area (Å²) in [5.74, 6) is -0.648. The average Bonchev–Trinajstić information content (AvgIpc) is 3.17. The Morgan fingerprint density at radius 2 is 1.62 bits per heavy atom. The molecule has 202 valence electrons. The van der Waals surface area contributed by atoms with Gasteiger partial charge in [-0.2, -0.15) is 5.10 Å². The van der Waals surface area contributed by atoms with Gasteiger partial charge in [0.2, 0.25) is 0 Å². The van der Waals surface area contributed by atoms with E-state index >= 15 is 0 Å². The lowest BCUT2D eigenvalue weighted by Crippen LogP contribution is -2.39. The van der Waals surface area contributed by atoms with E-state index in [1.54, 1.807) is 36.5 Å². The number of anilines is 1. The van der Waals surface area contributed by atoms with Gasteiger partial charge in [0.05, 0.1) is 26.8 Å². The summed E-state index contributed by atoms with van der Waals surface area (Å²) in [4.78, 5) is 12.9. The fraction of sp³-hybridized carbons (Fsp3) is 0.172. The fourth-order valence-corrected chi connectivity index (χ4v) is 6.34. The van der Waals surface area contributed by atoms with Crippen LogP contribution in [0.25, 0.3) is 5.69 Å². The van der Waals surface area contributed by atoms with E-state index in [-0.39, 0.29) is 20.6 Å². The van der Waals surface area contributed by atoms with Crippen molar-refractivity contribution < 1.29 is 13.2 Å². The van der Waals surface area contributed by atoms with Gasteiger partial charge < -0.3 is 4.57 Å². The first-order valence-electron chi connectivity index (χ1n) is 12.1. The number of aromatic nitrogens is 1. The second-order valence-electron chi connectivity index (χ2n) is 9.20. The van der Waals surface area contributed by atoms with Crippen molar-refractivity contribution >= 4 is 51.0 Å². The molecule has 0 aliphatic heterocycles. The van der Waals surface area contributed by atoms with E-state index in [0.717, 1.165) is 38.1 Å². The monoisotopic (exact) mass is 582 g/mol. The quantitative estimate of drug-likeness (QED) is 0.194. The third-order valence-corrected chi connectivity index (χ3v) is 8.73. The van der Waals surface area contributed by atoms with Crippen LogP contribution in [0.3, 0.4) is 0 Å².